The summed E-state index contributed by atoms with van der Waals surface area (Å²) < 4.78 is 66.2. The summed E-state index contributed by atoms with van der Waals surface area (Å²) in [6.07, 6.45) is -2.20. The van der Waals surface area contributed by atoms with Crippen molar-refractivity contribution in [2.75, 3.05) is 23.7 Å². The Kier molecular flexibility index (Phi) is 11.0. The molecular weight excluding hydrogens is 543 g/mol. The van der Waals surface area contributed by atoms with E-state index in [1.165, 1.54) is 4.90 Å². The number of nitrogens with zero attached hydrogens (tertiary/aromatic N) is 2. The van der Waals surface area contributed by atoms with Crippen molar-refractivity contribution in [1.82, 2.24) is 10.2 Å². The normalized spacial score (nSPS) is 12.6. The maximum atomic E-state index is 13.6. The van der Waals surface area contributed by atoms with Crippen LogP contribution in [0.1, 0.15) is 49.8 Å². The molecule has 1 atom stereocenters. The van der Waals surface area contributed by atoms with Crippen LogP contribution in [0.4, 0.5) is 18.9 Å². The van der Waals surface area contributed by atoms with Gasteiger partial charge in [-0.1, -0.05) is 61.7 Å². The topological polar surface area (TPSA) is 86.8 Å². The van der Waals surface area contributed by atoms with Gasteiger partial charge in [0.15, 0.2) is 0 Å². The van der Waals surface area contributed by atoms with Crippen LogP contribution in [0, 0.1) is 6.92 Å². The number of sulfonamides is 1. The molecule has 1 N–H and O–H groups in total. The molecule has 0 saturated heterocycles. The van der Waals surface area contributed by atoms with Crippen LogP contribution in [0.5, 0.6) is 0 Å². The van der Waals surface area contributed by atoms with Crippen molar-refractivity contribution in [3.05, 3.63) is 64.2 Å². The molecule has 0 radical (unpaired) electrons. The minimum Gasteiger partial charge on any atom is -0.354 e. The van der Waals surface area contributed by atoms with Crippen molar-refractivity contribution in [2.45, 2.75) is 58.8 Å². The zero-order valence-corrected chi connectivity index (χ0v) is 23.4. The molecule has 0 bridgehead atoms. The number of benzene rings is 2. The second kappa shape index (κ2) is 13.3. The van der Waals surface area contributed by atoms with Crippen molar-refractivity contribution >= 4 is 39.1 Å². The Bertz CT molecular complexity index is 1240. The van der Waals surface area contributed by atoms with Crippen molar-refractivity contribution in [3.8, 4) is 0 Å². The number of rotatable bonds is 12. The van der Waals surface area contributed by atoms with Crippen LogP contribution in [0.15, 0.2) is 42.5 Å². The van der Waals surface area contributed by atoms with Crippen LogP contribution >= 0.6 is 11.6 Å². The molecule has 0 spiro atoms. The zero-order valence-electron chi connectivity index (χ0n) is 21.8. The Morgan fingerprint density at radius 2 is 1.79 bits per heavy atom. The third-order valence-corrected chi connectivity index (χ3v) is 7.34. The minimum atomic E-state index is -4.83. The molecule has 2 amide bonds. The molecule has 0 aliphatic carbocycles. The van der Waals surface area contributed by atoms with Gasteiger partial charge in [0.2, 0.25) is 21.8 Å². The number of amides is 2. The largest absolute Gasteiger partial charge is 0.417 e. The lowest BCUT2D eigenvalue weighted by molar-refractivity contribution is -0.140. The van der Waals surface area contributed by atoms with Crippen molar-refractivity contribution < 1.29 is 31.2 Å². The average molecular weight is 576 g/mol. The van der Waals surface area contributed by atoms with E-state index in [-0.39, 0.29) is 18.7 Å². The highest BCUT2D eigenvalue weighted by Crippen LogP contribution is 2.37. The van der Waals surface area contributed by atoms with Gasteiger partial charge in [0, 0.05) is 13.1 Å². The third kappa shape index (κ3) is 8.62. The molecule has 2 rings (SSSR count). The molecule has 0 heterocycles. The molecule has 2 aromatic carbocycles. The highest BCUT2D eigenvalue weighted by atomic mass is 35.5. The van der Waals surface area contributed by atoms with Gasteiger partial charge in [-0.2, -0.15) is 13.2 Å². The Hall–Kier alpha value is -2.79. The van der Waals surface area contributed by atoms with E-state index in [2.05, 4.69) is 5.32 Å². The van der Waals surface area contributed by atoms with Gasteiger partial charge in [-0.25, -0.2) is 8.42 Å². The molecule has 2 aromatic rings. The maximum absolute atomic E-state index is 13.6. The zero-order chi connectivity index (χ0) is 28.7. The number of halogens is 4. The summed E-state index contributed by atoms with van der Waals surface area (Å²) in [6.45, 7) is 5.18. The number of carbonyl (C=O) groups excluding carboxylic acids is 2. The van der Waals surface area contributed by atoms with E-state index in [1.807, 2.05) is 26.0 Å². The van der Waals surface area contributed by atoms with Crippen LogP contribution in [-0.4, -0.2) is 50.5 Å². The van der Waals surface area contributed by atoms with Gasteiger partial charge in [-0.05, 0) is 43.5 Å². The van der Waals surface area contributed by atoms with E-state index in [1.54, 1.807) is 19.1 Å². The molecule has 12 heteroatoms. The molecule has 0 fully saturated rings. The predicted molar refractivity (Wildman–Crippen MR) is 142 cm³/mol. The summed E-state index contributed by atoms with van der Waals surface area (Å²) in [5, 5.41) is 2.21. The summed E-state index contributed by atoms with van der Waals surface area (Å²) in [4.78, 5) is 27.9. The number of nitrogens with one attached hydrogen (secondary N) is 1. The summed E-state index contributed by atoms with van der Waals surface area (Å²) in [6, 6.07) is 8.99. The van der Waals surface area contributed by atoms with Gasteiger partial charge >= 0.3 is 6.18 Å². The van der Waals surface area contributed by atoms with Crippen LogP contribution in [0.25, 0.3) is 0 Å². The van der Waals surface area contributed by atoms with E-state index in [9.17, 15) is 31.2 Å². The lowest BCUT2D eigenvalue weighted by Crippen LogP contribution is -2.52. The van der Waals surface area contributed by atoms with Crippen molar-refractivity contribution in [3.63, 3.8) is 0 Å². The van der Waals surface area contributed by atoms with Gasteiger partial charge in [0.1, 0.15) is 12.6 Å². The molecule has 0 saturated carbocycles. The minimum absolute atomic E-state index is 0.00619. The molecule has 210 valence electrons. The second-order valence-corrected chi connectivity index (χ2v) is 11.3. The van der Waals surface area contributed by atoms with E-state index in [0.717, 1.165) is 42.4 Å². The average Bonchev–Trinajstić information content (AvgIpc) is 2.81. The highest BCUT2D eigenvalue weighted by Gasteiger charge is 2.36. The standard InChI is InChI=1S/C26H33ClF3N3O4S/c1-5-7-13-31-25(35)23(6-2)32(16-19-10-8-9-18(3)14-19)24(34)17-33(38(4,36)37)20-11-12-22(27)21(15-20)26(28,29)30/h8-12,14-15,23H,5-7,13,16-17H2,1-4H3,(H,31,35). The molecule has 0 aromatic heterocycles. The van der Waals surface area contributed by atoms with Crippen LogP contribution in [0.3, 0.4) is 0 Å². The fraction of sp³-hybridized carbons (Fsp3) is 0.462. The van der Waals surface area contributed by atoms with Gasteiger partial charge in [0.25, 0.3) is 0 Å². The number of anilines is 1. The van der Waals surface area contributed by atoms with E-state index < -0.39 is 51.2 Å². The molecule has 0 aliphatic rings. The van der Waals surface area contributed by atoms with Crippen LogP contribution < -0.4 is 9.62 Å². The Labute approximate surface area is 227 Å². The number of hydrogen-bond acceptors (Lipinski definition) is 4. The lowest BCUT2D eigenvalue weighted by atomic mass is 10.1. The number of unbranched alkanes of at least 4 members (excludes halogenated alkanes) is 1. The molecular formula is C26H33ClF3N3O4S. The summed E-state index contributed by atoms with van der Waals surface area (Å²) >= 11 is 5.70. The van der Waals surface area contributed by atoms with Crippen molar-refractivity contribution in [2.24, 2.45) is 0 Å². The first-order chi connectivity index (χ1) is 17.7. The Morgan fingerprint density at radius 1 is 1.11 bits per heavy atom. The SMILES string of the molecule is CCCCNC(=O)C(CC)N(Cc1cccc(C)c1)C(=O)CN(c1ccc(Cl)c(C(F)(F)F)c1)S(C)(=O)=O. The van der Waals surface area contributed by atoms with E-state index >= 15 is 0 Å². The number of aryl methyl sites for hydroxylation is 1. The van der Waals surface area contributed by atoms with Crippen molar-refractivity contribution in [1.29, 1.82) is 0 Å². The predicted octanol–water partition coefficient (Wildman–Crippen LogP) is 5.16. The molecule has 7 nitrogen and oxygen atoms in total. The maximum Gasteiger partial charge on any atom is 0.417 e. The Morgan fingerprint density at radius 3 is 2.34 bits per heavy atom. The quantitative estimate of drug-likeness (QED) is 0.354. The summed E-state index contributed by atoms with van der Waals surface area (Å²) in [7, 11) is -4.20. The monoisotopic (exact) mass is 575 g/mol. The second-order valence-electron chi connectivity index (χ2n) is 9.01. The van der Waals surface area contributed by atoms with Gasteiger partial charge in [-0.15, -0.1) is 0 Å². The number of carbonyl (C=O) groups is 2. The number of alkyl halides is 3. The van der Waals surface area contributed by atoms with E-state index in [4.69, 9.17) is 11.6 Å². The summed E-state index contributed by atoms with van der Waals surface area (Å²) in [5.74, 6) is -1.13. The number of hydrogen-bond donors (Lipinski definition) is 1. The van der Waals surface area contributed by atoms with Crippen LogP contribution in [0.2, 0.25) is 5.02 Å². The first-order valence-electron chi connectivity index (χ1n) is 12.2. The van der Waals surface area contributed by atoms with E-state index in [0.29, 0.717) is 16.9 Å². The smallest absolute Gasteiger partial charge is 0.354 e. The van der Waals surface area contributed by atoms with Gasteiger partial charge in [0.05, 0.1) is 22.5 Å². The fourth-order valence-corrected chi connectivity index (χ4v) is 5.00. The lowest BCUT2D eigenvalue weighted by Gasteiger charge is -2.33. The third-order valence-electron chi connectivity index (χ3n) is 5.87. The van der Waals surface area contributed by atoms with Gasteiger partial charge < -0.3 is 10.2 Å². The molecule has 38 heavy (non-hydrogen) atoms. The van der Waals surface area contributed by atoms with Gasteiger partial charge in [-0.3, -0.25) is 13.9 Å². The molecule has 1 unspecified atom stereocenters. The first-order valence-corrected chi connectivity index (χ1v) is 14.4. The highest BCUT2D eigenvalue weighted by molar-refractivity contribution is 7.92. The van der Waals surface area contributed by atoms with Crippen LogP contribution in [-0.2, 0) is 32.3 Å². The Balaban J connectivity index is 2.49. The molecule has 0 aliphatic heterocycles. The first kappa shape index (κ1) is 31.4. The summed E-state index contributed by atoms with van der Waals surface area (Å²) in [5.41, 5.74) is 0.0495. The fourth-order valence-electron chi connectivity index (χ4n) is 3.93.